The van der Waals surface area contributed by atoms with Crippen LogP contribution in [-0.4, -0.2) is 19.4 Å². The Bertz CT molecular complexity index is 942. The van der Waals surface area contributed by atoms with Crippen LogP contribution in [0.3, 0.4) is 0 Å². The van der Waals surface area contributed by atoms with Crippen LogP contribution in [-0.2, 0) is 9.84 Å². The van der Waals surface area contributed by atoms with Gasteiger partial charge in [-0.2, -0.15) is 4.98 Å². The number of hydrogen-bond donors (Lipinski definition) is 1. The van der Waals surface area contributed by atoms with E-state index >= 15 is 0 Å². The van der Waals surface area contributed by atoms with E-state index in [0.717, 1.165) is 12.0 Å². The van der Waals surface area contributed by atoms with Crippen molar-refractivity contribution in [2.24, 2.45) is 0 Å². The van der Waals surface area contributed by atoms with Gasteiger partial charge in [0.15, 0.2) is 5.76 Å². The summed E-state index contributed by atoms with van der Waals surface area (Å²) in [5.41, 5.74) is 0.980. The molecule has 132 valence electrons. The van der Waals surface area contributed by atoms with Crippen molar-refractivity contribution in [2.45, 2.75) is 43.2 Å². The van der Waals surface area contributed by atoms with E-state index in [-0.39, 0.29) is 27.7 Å². The van der Waals surface area contributed by atoms with Crippen LogP contribution in [0.2, 0.25) is 0 Å². The molecule has 0 fully saturated rings. The van der Waals surface area contributed by atoms with Gasteiger partial charge in [-0.3, -0.25) is 0 Å². The standard InChI is InChI=1S/C18H20N2O4S/c1-4-13(3)19-17-18(20-16(24-17)15-6-5-11-23-15)25(21,22)14-9-7-12(2)8-10-14/h5-11,13,19H,4H2,1-3H3/t13-/m1/s1. The summed E-state index contributed by atoms with van der Waals surface area (Å²) in [5.74, 6) is 0.625. The van der Waals surface area contributed by atoms with Gasteiger partial charge in [-0.15, -0.1) is 0 Å². The van der Waals surface area contributed by atoms with Gasteiger partial charge in [-0.05, 0) is 44.5 Å². The quantitative estimate of drug-likeness (QED) is 0.706. The van der Waals surface area contributed by atoms with Crippen LogP contribution in [0, 0.1) is 6.92 Å². The molecule has 0 aliphatic rings. The summed E-state index contributed by atoms with van der Waals surface area (Å²) in [6.45, 7) is 5.84. The first kappa shape index (κ1) is 17.3. The fraction of sp³-hybridized carbons (Fsp3) is 0.278. The van der Waals surface area contributed by atoms with Crippen LogP contribution in [0.4, 0.5) is 5.88 Å². The molecule has 3 aromatic rings. The molecule has 0 radical (unpaired) electrons. The molecular formula is C18H20N2O4S. The van der Waals surface area contributed by atoms with E-state index < -0.39 is 9.84 Å². The molecule has 0 aliphatic heterocycles. The minimum atomic E-state index is -3.82. The highest BCUT2D eigenvalue weighted by atomic mass is 32.2. The summed E-state index contributed by atoms with van der Waals surface area (Å²) in [6, 6.07) is 10.0. The zero-order chi connectivity index (χ0) is 18.0. The second-order valence-corrected chi connectivity index (χ2v) is 7.77. The average Bonchev–Trinajstić information content (AvgIpc) is 3.24. The Kier molecular flexibility index (Phi) is 4.67. The summed E-state index contributed by atoms with van der Waals surface area (Å²) in [6.07, 6.45) is 2.29. The largest absolute Gasteiger partial charge is 0.459 e. The fourth-order valence-electron chi connectivity index (χ4n) is 2.24. The van der Waals surface area contributed by atoms with Crippen molar-refractivity contribution >= 4 is 15.7 Å². The third kappa shape index (κ3) is 3.46. The number of nitrogens with one attached hydrogen (secondary N) is 1. The molecule has 0 bridgehead atoms. The van der Waals surface area contributed by atoms with Gasteiger partial charge in [-0.1, -0.05) is 24.6 Å². The van der Waals surface area contributed by atoms with Crippen molar-refractivity contribution in [1.29, 1.82) is 0 Å². The minimum Gasteiger partial charge on any atom is -0.459 e. The van der Waals surface area contributed by atoms with E-state index in [2.05, 4.69) is 10.3 Å². The summed E-state index contributed by atoms with van der Waals surface area (Å²) in [4.78, 5) is 4.37. The topological polar surface area (TPSA) is 85.3 Å². The predicted octanol–water partition coefficient (Wildman–Crippen LogP) is 4.29. The van der Waals surface area contributed by atoms with E-state index in [1.807, 2.05) is 20.8 Å². The van der Waals surface area contributed by atoms with Gasteiger partial charge >= 0.3 is 0 Å². The average molecular weight is 360 g/mol. The van der Waals surface area contributed by atoms with Crippen LogP contribution in [0.1, 0.15) is 25.8 Å². The number of nitrogens with zero attached hydrogens (tertiary/aromatic N) is 1. The number of hydrogen-bond acceptors (Lipinski definition) is 6. The monoisotopic (exact) mass is 360 g/mol. The minimum absolute atomic E-state index is 0.0318. The molecular weight excluding hydrogens is 340 g/mol. The maximum absolute atomic E-state index is 13.0. The molecule has 3 rings (SSSR count). The summed E-state index contributed by atoms with van der Waals surface area (Å²) in [7, 11) is -3.82. The summed E-state index contributed by atoms with van der Waals surface area (Å²) < 4.78 is 37.0. The van der Waals surface area contributed by atoms with Gasteiger partial charge in [0.2, 0.25) is 20.7 Å². The summed E-state index contributed by atoms with van der Waals surface area (Å²) in [5, 5.41) is 2.94. The lowest BCUT2D eigenvalue weighted by Crippen LogP contribution is -2.15. The van der Waals surface area contributed by atoms with Gasteiger partial charge in [0.25, 0.3) is 5.89 Å². The Hall–Kier alpha value is -2.54. The van der Waals surface area contributed by atoms with Gasteiger partial charge in [0, 0.05) is 6.04 Å². The van der Waals surface area contributed by atoms with Crippen molar-refractivity contribution in [2.75, 3.05) is 5.32 Å². The zero-order valence-electron chi connectivity index (χ0n) is 14.3. The highest BCUT2D eigenvalue weighted by Crippen LogP contribution is 2.33. The Morgan fingerprint density at radius 2 is 1.92 bits per heavy atom. The number of aromatic nitrogens is 1. The van der Waals surface area contributed by atoms with Crippen LogP contribution < -0.4 is 5.32 Å². The summed E-state index contributed by atoms with van der Waals surface area (Å²) >= 11 is 0. The fourth-order valence-corrected chi connectivity index (χ4v) is 3.51. The molecule has 1 N–H and O–H groups in total. The number of benzene rings is 1. The molecule has 1 aromatic carbocycles. The first-order valence-electron chi connectivity index (χ1n) is 8.04. The van der Waals surface area contributed by atoms with Crippen LogP contribution >= 0.6 is 0 Å². The van der Waals surface area contributed by atoms with Crippen LogP contribution in [0.15, 0.2) is 61.4 Å². The lowest BCUT2D eigenvalue weighted by molar-refractivity contribution is 0.518. The van der Waals surface area contributed by atoms with E-state index in [1.165, 1.54) is 6.26 Å². The van der Waals surface area contributed by atoms with Gasteiger partial charge < -0.3 is 14.2 Å². The van der Waals surface area contributed by atoms with Crippen LogP contribution in [0.5, 0.6) is 0 Å². The Labute approximate surface area is 146 Å². The number of sulfone groups is 1. The Morgan fingerprint density at radius 3 is 2.52 bits per heavy atom. The highest BCUT2D eigenvalue weighted by Gasteiger charge is 2.29. The maximum Gasteiger partial charge on any atom is 0.266 e. The lowest BCUT2D eigenvalue weighted by Gasteiger charge is -2.11. The Morgan fingerprint density at radius 1 is 1.20 bits per heavy atom. The SMILES string of the molecule is CC[C@@H](C)Nc1oc(-c2ccco2)nc1S(=O)(=O)c1ccc(C)cc1. The number of anilines is 1. The third-order valence-electron chi connectivity index (χ3n) is 3.90. The zero-order valence-corrected chi connectivity index (χ0v) is 15.1. The maximum atomic E-state index is 13.0. The first-order chi connectivity index (χ1) is 11.9. The molecule has 0 amide bonds. The van der Waals surface area contributed by atoms with Gasteiger partial charge in [-0.25, -0.2) is 8.42 Å². The van der Waals surface area contributed by atoms with E-state index in [1.54, 1.807) is 36.4 Å². The Balaban J connectivity index is 2.10. The van der Waals surface area contributed by atoms with Crippen molar-refractivity contribution in [3.8, 4) is 11.7 Å². The van der Waals surface area contributed by atoms with Crippen LogP contribution in [0.25, 0.3) is 11.7 Å². The first-order valence-corrected chi connectivity index (χ1v) is 9.53. The predicted molar refractivity (Wildman–Crippen MR) is 94.2 cm³/mol. The number of rotatable bonds is 6. The molecule has 2 aromatic heterocycles. The van der Waals surface area contributed by atoms with Gasteiger partial charge in [0.1, 0.15) is 0 Å². The molecule has 25 heavy (non-hydrogen) atoms. The molecule has 1 atom stereocenters. The smallest absolute Gasteiger partial charge is 0.266 e. The number of furan rings is 1. The van der Waals surface area contributed by atoms with Crippen molar-refractivity contribution in [1.82, 2.24) is 4.98 Å². The molecule has 0 unspecified atom stereocenters. The highest BCUT2D eigenvalue weighted by molar-refractivity contribution is 7.91. The van der Waals surface area contributed by atoms with Gasteiger partial charge in [0.05, 0.1) is 11.2 Å². The van der Waals surface area contributed by atoms with Crippen molar-refractivity contribution < 1.29 is 17.3 Å². The third-order valence-corrected chi connectivity index (χ3v) is 5.58. The molecule has 0 saturated heterocycles. The van der Waals surface area contributed by atoms with Crippen molar-refractivity contribution in [3.05, 3.63) is 48.2 Å². The van der Waals surface area contributed by atoms with Crippen molar-refractivity contribution in [3.63, 3.8) is 0 Å². The molecule has 0 saturated carbocycles. The molecule has 7 heteroatoms. The van der Waals surface area contributed by atoms with E-state index in [4.69, 9.17) is 8.83 Å². The number of oxazole rings is 1. The molecule has 6 nitrogen and oxygen atoms in total. The van der Waals surface area contributed by atoms with E-state index in [9.17, 15) is 8.42 Å². The lowest BCUT2D eigenvalue weighted by atomic mass is 10.2. The normalized spacial score (nSPS) is 12.9. The van der Waals surface area contributed by atoms with E-state index in [0.29, 0.717) is 5.76 Å². The molecule has 0 aliphatic carbocycles. The molecule has 0 spiro atoms. The number of aryl methyl sites for hydroxylation is 1. The second kappa shape index (κ2) is 6.76. The molecule has 2 heterocycles. The second-order valence-electron chi connectivity index (χ2n) is 5.90.